The fourth-order valence-electron chi connectivity index (χ4n) is 1.62. The largest absolute Gasteiger partial charge is 0.444 e. The molecule has 0 spiro atoms. The highest BCUT2D eigenvalue weighted by atomic mass is 16.6. The number of nitrogens with one attached hydrogen (secondary N) is 1. The topological polar surface area (TPSA) is 41.6 Å². The highest BCUT2D eigenvalue weighted by molar-refractivity contribution is 5.68. The van der Waals surface area contributed by atoms with Crippen molar-refractivity contribution in [3.8, 4) is 0 Å². The molecule has 1 N–H and O–H groups in total. The van der Waals surface area contributed by atoms with Crippen molar-refractivity contribution in [1.29, 1.82) is 0 Å². The number of hydrogen-bond donors (Lipinski definition) is 1. The Balaban J connectivity index is 0.00000149. The predicted octanol–water partition coefficient (Wildman–Crippen LogP) is 4.77. The summed E-state index contributed by atoms with van der Waals surface area (Å²) >= 11 is 0. The van der Waals surface area contributed by atoms with Crippen LogP contribution in [-0.4, -0.2) is 30.2 Å². The molecule has 0 aromatic rings. The lowest BCUT2D eigenvalue weighted by Gasteiger charge is -2.20. The van der Waals surface area contributed by atoms with E-state index in [4.69, 9.17) is 4.74 Å². The molecule has 130 valence electrons. The summed E-state index contributed by atoms with van der Waals surface area (Å²) in [6, 6.07) is 0. The second kappa shape index (κ2) is 9.93. The van der Waals surface area contributed by atoms with Crippen LogP contribution in [-0.2, 0) is 4.74 Å². The first-order valence-electron chi connectivity index (χ1n) is 8.04. The van der Waals surface area contributed by atoms with Gasteiger partial charge in [0.15, 0.2) is 0 Å². The van der Waals surface area contributed by atoms with E-state index in [2.05, 4.69) is 25.7 Å². The fourth-order valence-corrected chi connectivity index (χ4v) is 1.62. The van der Waals surface area contributed by atoms with E-state index in [9.17, 15) is 4.79 Å². The van der Waals surface area contributed by atoms with Gasteiger partial charge in [0.25, 0.3) is 0 Å². The molecule has 1 heterocycles. The number of carbonyl (C=O) groups excluding carboxylic acids is 1. The van der Waals surface area contributed by atoms with Crippen molar-refractivity contribution in [1.82, 2.24) is 10.2 Å². The van der Waals surface area contributed by atoms with E-state index in [-0.39, 0.29) is 0 Å². The smallest absolute Gasteiger partial charge is 0.407 e. The zero-order valence-electron chi connectivity index (χ0n) is 15.7. The minimum absolute atomic E-state index is 0.404. The van der Waals surface area contributed by atoms with Crippen molar-refractivity contribution in [2.24, 2.45) is 0 Å². The Kier molecular flexibility index (Phi) is 9.08. The van der Waals surface area contributed by atoms with Gasteiger partial charge in [-0.05, 0) is 44.9 Å². The van der Waals surface area contributed by atoms with Gasteiger partial charge in [0.2, 0.25) is 0 Å². The SMILES string of the molecule is C=C1C=CN(C)C=C1/C=C(\C)CNC(=O)OC(C)(C)C.CCC. The van der Waals surface area contributed by atoms with Crippen molar-refractivity contribution in [2.45, 2.75) is 53.6 Å². The van der Waals surface area contributed by atoms with Gasteiger partial charge in [-0.1, -0.05) is 38.5 Å². The van der Waals surface area contributed by atoms with E-state index in [1.807, 2.05) is 64.2 Å². The number of hydrogen-bond acceptors (Lipinski definition) is 3. The van der Waals surface area contributed by atoms with Crippen LogP contribution in [0, 0.1) is 0 Å². The van der Waals surface area contributed by atoms with Crippen LogP contribution in [0.2, 0.25) is 0 Å². The molecule has 0 aromatic carbocycles. The number of rotatable bonds is 3. The van der Waals surface area contributed by atoms with E-state index < -0.39 is 11.7 Å². The third-order valence-corrected chi connectivity index (χ3v) is 2.54. The lowest BCUT2D eigenvalue weighted by atomic mass is 10.0. The summed E-state index contributed by atoms with van der Waals surface area (Å²) < 4.78 is 5.19. The molecule has 0 bridgehead atoms. The summed E-state index contributed by atoms with van der Waals surface area (Å²) in [6.07, 6.45) is 8.77. The maximum absolute atomic E-state index is 11.6. The lowest BCUT2D eigenvalue weighted by molar-refractivity contribution is 0.0532. The van der Waals surface area contributed by atoms with Gasteiger partial charge >= 0.3 is 6.09 Å². The lowest BCUT2D eigenvalue weighted by Crippen LogP contribution is -2.33. The van der Waals surface area contributed by atoms with Crippen molar-refractivity contribution < 1.29 is 9.53 Å². The van der Waals surface area contributed by atoms with Crippen LogP contribution in [0.1, 0.15) is 48.0 Å². The minimum atomic E-state index is -0.477. The van der Waals surface area contributed by atoms with Crippen LogP contribution in [0.25, 0.3) is 0 Å². The molecule has 0 aliphatic carbocycles. The van der Waals surface area contributed by atoms with Crippen LogP contribution in [0.4, 0.5) is 4.79 Å². The first kappa shape index (κ1) is 21.0. The summed E-state index contributed by atoms with van der Waals surface area (Å²) in [5.74, 6) is 0. The molecule has 0 fully saturated rings. The van der Waals surface area contributed by atoms with Crippen molar-refractivity contribution in [2.75, 3.05) is 13.6 Å². The molecule has 4 nitrogen and oxygen atoms in total. The second-order valence-corrected chi connectivity index (χ2v) is 6.64. The van der Waals surface area contributed by atoms with E-state index in [1.54, 1.807) is 0 Å². The van der Waals surface area contributed by atoms with Gasteiger partial charge in [0, 0.05) is 26.0 Å². The zero-order chi connectivity index (χ0) is 18.0. The standard InChI is InChI=1S/C16H24N2O2.C3H8/c1-12(10-17-15(19)20-16(3,4)5)9-14-11-18(6)8-7-13(14)2;1-3-2/h7-9,11H,2,10H2,1,3-6H3,(H,17,19);3H2,1-2H3/b12-9+;. The van der Waals surface area contributed by atoms with E-state index in [0.717, 1.165) is 16.7 Å². The Bertz CT molecular complexity index is 494. The molecule has 0 saturated heterocycles. The van der Waals surface area contributed by atoms with Gasteiger partial charge < -0.3 is 15.0 Å². The molecule has 1 aliphatic rings. The van der Waals surface area contributed by atoms with Crippen molar-refractivity contribution in [3.63, 3.8) is 0 Å². The minimum Gasteiger partial charge on any atom is -0.444 e. The predicted molar refractivity (Wildman–Crippen MR) is 98.1 cm³/mol. The molecule has 0 aromatic heterocycles. The molecule has 0 unspecified atom stereocenters. The maximum atomic E-state index is 11.6. The summed E-state index contributed by atoms with van der Waals surface area (Å²) in [6.45, 7) is 16.2. The molecule has 1 rings (SSSR count). The number of amides is 1. The zero-order valence-corrected chi connectivity index (χ0v) is 15.7. The fraction of sp³-hybridized carbons (Fsp3) is 0.526. The van der Waals surface area contributed by atoms with Gasteiger partial charge in [0.05, 0.1) is 0 Å². The Morgan fingerprint density at radius 2 is 1.96 bits per heavy atom. The molecule has 1 amide bonds. The molecular weight excluding hydrogens is 288 g/mol. The summed E-state index contributed by atoms with van der Waals surface area (Å²) in [4.78, 5) is 13.5. The van der Waals surface area contributed by atoms with E-state index in [1.165, 1.54) is 6.42 Å². The second-order valence-electron chi connectivity index (χ2n) is 6.64. The van der Waals surface area contributed by atoms with E-state index >= 15 is 0 Å². The summed E-state index contributed by atoms with van der Waals surface area (Å²) in [5, 5.41) is 2.74. The van der Waals surface area contributed by atoms with E-state index in [0.29, 0.717) is 6.54 Å². The summed E-state index contributed by atoms with van der Waals surface area (Å²) in [5.41, 5.74) is 2.56. The van der Waals surface area contributed by atoms with Crippen LogP contribution in [0.5, 0.6) is 0 Å². The van der Waals surface area contributed by atoms with Gasteiger partial charge in [-0.2, -0.15) is 0 Å². The Morgan fingerprint density at radius 3 is 2.48 bits per heavy atom. The van der Waals surface area contributed by atoms with Crippen LogP contribution < -0.4 is 5.32 Å². The molecule has 23 heavy (non-hydrogen) atoms. The molecule has 0 atom stereocenters. The molecule has 4 heteroatoms. The number of allylic oxidation sites excluding steroid dienone is 4. The average Bonchev–Trinajstić information content (AvgIpc) is 2.40. The molecule has 0 radical (unpaired) electrons. The first-order chi connectivity index (χ1) is 10.6. The monoisotopic (exact) mass is 320 g/mol. The Labute approximate surface area is 141 Å². The van der Waals surface area contributed by atoms with Gasteiger partial charge in [-0.15, -0.1) is 0 Å². The van der Waals surface area contributed by atoms with Crippen LogP contribution >= 0.6 is 0 Å². The van der Waals surface area contributed by atoms with Crippen molar-refractivity contribution >= 4 is 6.09 Å². The average molecular weight is 320 g/mol. The van der Waals surface area contributed by atoms with Crippen molar-refractivity contribution in [3.05, 3.63) is 47.9 Å². The van der Waals surface area contributed by atoms with Gasteiger partial charge in [0.1, 0.15) is 5.60 Å². The Morgan fingerprint density at radius 1 is 1.39 bits per heavy atom. The third kappa shape index (κ3) is 10.4. The number of alkyl carbamates (subject to hydrolysis) is 1. The quantitative estimate of drug-likeness (QED) is 0.814. The van der Waals surface area contributed by atoms with Crippen LogP contribution in [0.3, 0.4) is 0 Å². The number of carbonyl (C=O) groups is 1. The first-order valence-corrected chi connectivity index (χ1v) is 8.04. The number of nitrogens with zero attached hydrogens (tertiary/aromatic N) is 1. The maximum Gasteiger partial charge on any atom is 0.407 e. The summed E-state index contributed by atoms with van der Waals surface area (Å²) in [7, 11) is 1.96. The highest BCUT2D eigenvalue weighted by Crippen LogP contribution is 2.18. The van der Waals surface area contributed by atoms with Gasteiger partial charge in [-0.25, -0.2) is 4.79 Å². The molecular formula is C19H32N2O2. The Hall–Kier alpha value is -1.97. The van der Waals surface area contributed by atoms with Crippen LogP contribution in [0.15, 0.2) is 47.9 Å². The normalized spacial score (nSPS) is 14.7. The highest BCUT2D eigenvalue weighted by Gasteiger charge is 2.15. The van der Waals surface area contributed by atoms with Gasteiger partial charge in [-0.3, -0.25) is 0 Å². The third-order valence-electron chi connectivity index (χ3n) is 2.54. The number of ether oxygens (including phenoxy) is 1. The molecule has 1 aliphatic heterocycles. The molecule has 0 saturated carbocycles.